The van der Waals surface area contributed by atoms with E-state index in [4.69, 9.17) is 0 Å². The minimum absolute atomic E-state index is 0.704. The van der Waals surface area contributed by atoms with Gasteiger partial charge < -0.3 is 10.6 Å². The van der Waals surface area contributed by atoms with E-state index in [-0.39, 0.29) is 0 Å². The van der Waals surface area contributed by atoms with E-state index in [0.29, 0.717) is 5.92 Å². The summed E-state index contributed by atoms with van der Waals surface area (Å²) < 4.78 is 0. The topological polar surface area (TPSA) is 49.8 Å². The van der Waals surface area contributed by atoms with Crippen LogP contribution in [-0.4, -0.2) is 23.1 Å². The molecule has 4 heteroatoms. The largest absolute Gasteiger partial charge is 0.354 e. The summed E-state index contributed by atoms with van der Waals surface area (Å²) in [5.74, 6) is 1.46. The highest BCUT2D eigenvalue weighted by atomic mass is 15.1. The fourth-order valence-electron chi connectivity index (χ4n) is 1.96. The number of aromatic nitrogens is 2. The van der Waals surface area contributed by atoms with Gasteiger partial charge in [0.25, 0.3) is 0 Å². The molecule has 1 aromatic rings. The molecule has 0 aliphatic heterocycles. The van der Waals surface area contributed by atoms with Gasteiger partial charge in [-0.2, -0.15) is 0 Å². The molecule has 4 nitrogen and oxygen atoms in total. The van der Waals surface area contributed by atoms with Gasteiger partial charge in [0.1, 0.15) is 0 Å². The van der Waals surface area contributed by atoms with Gasteiger partial charge in [0.15, 0.2) is 0 Å². The molecule has 0 aromatic carbocycles. The number of hydrogen-bond donors (Lipinski definition) is 2. The molecule has 0 aliphatic carbocycles. The molecule has 0 spiro atoms. The number of nitrogens with one attached hydrogen (secondary N) is 2. The van der Waals surface area contributed by atoms with Crippen LogP contribution in [0.5, 0.6) is 0 Å². The molecule has 0 amide bonds. The minimum atomic E-state index is 0.704. The molecular formula is C15H28N4. The molecule has 108 valence electrons. The maximum absolute atomic E-state index is 4.53. The predicted octanol–water partition coefficient (Wildman–Crippen LogP) is 3.13. The smallest absolute Gasteiger partial charge is 0.222 e. The van der Waals surface area contributed by atoms with Crippen LogP contribution in [-0.2, 0) is 6.54 Å². The zero-order valence-corrected chi connectivity index (χ0v) is 12.8. The van der Waals surface area contributed by atoms with Crippen LogP contribution < -0.4 is 10.6 Å². The third-order valence-corrected chi connectivity index (χ3v) is 3.53. The zero-order chi connectivity index (χ0) is 14.1. The molecule has 1 heterocycles. The molecule has 2 N–H and O–H groups in total. The Kier molecular flexibility index (Phi) is 7.41. The Bertz CT molecular complexity index is 361. The van der Waals surface area contributed by atoms with Gasteiger partial charge in [-0.05, 0) is 25.8 Å². The molecule has 0 bridgehead atoms. The standard InChI is InChI=1S/C15H28N4/c1-5-8-16-10-14-11-18-15(19-12(14)4)17-9-13(6-2)7-3/h11,13,16H,5-10H2,1-4H3,(H,17,18,19). The van der Waals surface area contributed by atoms with Gasteiger partial charge in [0.2, 0.25) is 5.95 Å². The molecule has 0 saturated heterocycles. The van der Waals surface area contributed by atoms with Crippen LogP contribution in [0.25, 0.3) is 0 Å². The summed E-state index contributed by atoms with van der Waals surface area (Å²) >= 11 is 0. The third kappa shape index (κ3) is 5.55. The summed E-state index contributed by atoms with van der Waals surface area (Å²) in [5.41, 5.74) is 2.24. The Balaban J connectivity index is 2.51. The summed E-state index contributed by atoms with van der Waals surface area (Å²) in [6.45, 7) is 11.5. The van der Waals surface area contributed by atoms with Crippen LogP contribution in [0.1, 0.15) is 51.3 Å². The normalized spacial score (nSPS) is 11.0. The maximum Gasteiger partial charge on any atom is 0.222 e. The fourth-order valence-corrected chi connectivity index (χ4v) is 1.96. The van der Waals surface area contributed by atoms with Crippen molar-refractivity contribution in [2.75, 3.05) is 18.4 Å². The third-order valence-electron chi connectivity index (χ3n) is 3.53. The van der Waals surface area contributed by atoms with Crippen LogP contribution in [0.4, 0.5) is 5.95 Å². The zero-order valence-electron chi connectivity index (χ0n) is 12.8. The Labute approximate surface area is 117 Å². The molecule has 0 radical (unpaired) electrons. The lowest BCUT2D eigenvalue weighted by atomic mass is 10.0. The van der Waals surface area contributed by atoms with Gasteiger partial charge in [-0.1, -0.05) is 33.6 Å². The SMILES string of the molecule is CCCNCc1cnc(NCC(CC)CC)nc1C. The second-order valence-corrected chi connectivity index (χ2v) is 5.04. The van der Waals surface area contributed by atoms with Crippen molar-refractivity contribution in [3.8, 4) is 0 Å². The molecule has 0 unspecified atom stereocenters. The van der Waals surface area contributed by atoms with E-state index in [2.05, 4.69) is 41.4 Å². The number of aryl methyl sites for hydroxylation is 1. The van der Waals surface area contributed by atoms with Gasteiger partial charge >= 0.3 is 0 Å². The molecule has 0 fully saturated rings. The lowest BCUT2D eigenvalue weighted by Gasteiger charge is -2.14. The van der Waals surface area contributed by atoms with Crippen LogP contribution in [0.15, 0.2) is 6.20 Å². The molecule has 1 rings (SSSR count). The number of anilines is 1. The van der Waals surface area contributed by atoms with Crippen molar-refractivity contribution in [3.05, 3.63) is 17.5 Å². The number of hydrogen-bond acceptors (Lipinski definition) is 4. The van der Waals surface area contributed by atoms with E-state index in [9.17, 15) is 0 Å². The van der Waals surface area contributed by atoms with Crippen LogP contribution >= 0.6 is 0 Å². The van der Waals surface area contributed by atoms with Gasteiger partial charge in [-0.25, -0.2) is 9.97 Å². The van der Waals surface area contributed by atoms with Crippen molar-refractivity contribution in [1.29, 1.82) is 0 Å². The summed E-state index contributed by atoms with van der Waals surface area (Å²) in [5, 5.41) is 6.72. The molecule has 0 saturated carbocycles. The highest BCUT2D eigenvalue weighted by Gasteiger charge is 2.06. The van der Waals surface area contributed by atoms with Crippen LogP contribution in [0.2, 0.25) is 0 Å². The van der Waals surface area contributed by atoms with Crippen molar-refractivity contribution in [2.24, 2.45) is 5.92 Å². The summed E-state index contributed by atoms with van der Waals surface area (Å²) in [6, 6.07) is 0. The Hall–Kier alpha value is -1.16. The Morgan fingerprint density at radius 3 is 2.53 bits per heavy atom. The Morgan fingerprint density at radius 2 is 1.95 bits per heavy atom. The summed E-state index contributed by atoms with van der Waals surface area (Å²) in [6.07, 6.45) is 5.47. The van der Waals surface area contributed by atoms with Crippen LogP contribution in [0.3, 0.4) is 0 Å². The van der Waals surface area contributed by atoms with Crippen LogP contribution in [0, 0.1) is 12.8 Å². The highest BCUT2D eigenvalue weighted by molar-refractivity contribution is 5.29. The number of rotatable bonds is 9. The van der Waals surface area contributed by atoms with Gasteiger partial charge in [-0.15, -0.1) is 0 Å². The average Bonchev–Trinajstić information content (AvgIpc) is 2.42. The fraction of sp³-hybridized carbons (Fsp3) is 0.733. The second kappa shape index (κ2) is 8.86. The summed E-state index contributed by atoms with van der Waals surface area (Å²) in [4.78, 5) is 8.93. The molecule has 1 aromatic heterocycles. The first-order valence-corrected chi connectivity index (χ1v) is 7.48. The maximum atomic E-state index is 4.53. The van der Waals surface area contributed by atoms with E-state index >= 15 is 0 Å². The molecule has 19 heavy (non-hydrogen) atoms. The summed E-state index contributed by atoms with van der Waals surface area (Å²) in [7, 11) is 0. The van der Waals surface area contributed by atoms with E-state index in [0.717, 1.165) is 37.7 Å². The first-order valence-electron chi connectivity index (χ1n) is 7.48. The Morgan fingerprint density at radius 1 is 1.21 bits per heavy atom. The lowest BCUT2D eigenvalue weighted by Crippen LogP contribution is -2.17. The number of nitrogens with zero attached hydrogens (tertiary/aromatic N) is 2. The van der Waals surface area contributed by atoms with Gasteiger partial charge in [-0.3, -0.25) is 0 Å². The monoisotopic (exact) mass is 264 g/mol. The second-order valence-electron chi connectivity index (χ2n) is 5.04. The van der Waals surface area contributed by atoms with E-state index < -0.39 is 0 Å². The van der Waals surface area contributed by atoms with Crippen molar-refractivity contribution in [1.82, 2.24) is 15.3 Å². The van der Waals surface area contributed by atoms with E-state index in [1.54, 1.807) is 0 Å². The van der Waals surface area contributed by atoms with Crippen molar-refractivity contribution < 1.29 is 0 Å². The van der Waals surface area contributed by atoms with E-state index in [1.807, 2.05) is 13.1 Å². The van der Waals surface area contributed by atoms with E-state index in [1.165, 1.54) is 18.4 Å². The molecule has 0 aliphatic rings. The first kappa shape index (κ1) is 15.9. The van der Waals surface area contributed by atoms with Crippen molar-refractivity contribution in [2.45, 2.75) is 53.5 Å². The highest BCUT2D eigenvalue weighted by Crippen LogP contribution is 2.10. The lowest BCUT2D eigenvalue weighted by molar-refractivity contribution is 0.517. The minimum Gasteiger partial charge on any atom is -0.354 e. The average molecular weight is 264 g/mol. The molecule has 0 atom stereocenters. The van der Waals surface area contributed by atoms with Crippen molar-refractivity contribution >= 4 is 5.95 Å². The van der Waals surface area contributed by atoms with Crippen molar-refractivity contribution in [3.63, 3.8) is 0 Å². The first-order chi connectivity index (χ1) is 9.21. The molecular weight excluding hydrogens is 236 g/mol. The van der Waals surface area contributed by atoms with Gasteiger partial charge in [0.05, 0.1) is 0 Å². The predicted molar refractivity (Wildman–Crippen MR) is 81.3 cm³/mol. The van der Waals surface area contributed by atoms with Gasteiger partial charge in [0, 0.05) is 30.5 Å². The quantitative estimate of drug-likeness (QED) is 0.673.